The van der Waals surface area contributed by atoms with Crippen LogP contribution in [-0.2, 0) is 0 Å². The van der Waals surface area contributed by atoms with E-state index in [2.05, 4.69) is 13.0 Å². The average molecular weight is 205 g/mol. The summed E-state index contributed by atoms with van der Waals surface area (Å²) in [6.07, 6.45) is 4.54. The summed E-state index contributed by atoms with van der Waals surface area (Å²) in [6.45, 7) is 2.85. The number of nitrogens with two attached hydrogens (primary N) is 1. The number of aryl methyl sites for hydroxylation is 1. The maximum atomic E-state index is 6.00. The number of hydrogen-bond donors (Lipinski definition) is 1. The Labute approximate surface area is 91.4 Å². The van der Waals surface area contributed by atoms with Crippen molar-refractivity contribution in [2.75, 3.05) is 6.61 Å². The second kappa shape index (κ2) is 4.23. The van der Waals surface area contributed by atoms with Crippen LogP contribution in [0.2, 0.25) is 0 Å². The molecule has 0 unspecified atom stereocenters. The van der Waals surface area contributed by atoms with Gasteiger partial charge in [-0.25, -0.2) is 0 Å². The predicted octanol–water partition coefficient (Wildman–Crippen LogP) is 2.65. The Bertz CT molecular complexity index is 331. The van der Waals surface area contributed by atoms with E-state index >= 15 is 0 Å². The number of benzene rings is 1. The molecule has 1 aromatic carbocycles. The summed E-state index contributed by atoms with van der Waals surface area (Å²) < 4.78 is 5.70. The fourth-order valence-corrected chi connectivity index (χ4v) is 1.74. The lowest BCUT2D eigenvalue weighted by Crippen LogP contribution is -2.22. The third-order valence-corrected chi connectivity index (χ3v) is 3.06. The standard InChI is InChI=1S/C13H19NO/c1-11-5-2-3-6-12(11)15-10-4-7-13(14)8-9-13/h2-3,5-6H,4,7-10,14H2,1H3. The van der Waals surface area contributed by atoms with Gasteiger partial charge in [-0.3, -0.25) is 0 Å². The summed E-state index contributed by atoms with van der Waals surface area (Å²) in [4.78, 5) is 0. The maximum Gasteiger partial charge on any atom is 0.122 e. The van der Waals surface area contributed by atoms with Gasteiger partial charge >= 0.3 is 0 Å². The first-order valence-corrected chi connectivity index (χ1v) is 5.67. The van der Waals surface area contributed by atoms with E-state index in [-0.39, 0.29) is 5.54 Å². The number of hydrogen-bond acceptors (Lipinski definition) is 2. The summed E-state index contributed by atoms with van der Waals surface area (Å²) >= 11 is 0. The molecule has 1 saturated carbocycles. The van der Waals surface area contributed by atoms with E-state index in [1.165, 1.54) is 18.4 Å². The van der Waals surface area contributed by atoms with Crippen molar-refractivity contribution in [2.24, 2.45) is 5.73 Å². The molecule has 0 saturated heterocycles. The van der Waals surface area contributed by atoms with Crippen LogP contribution < -0.4 is 10.5 Å². The fraction of sp³-hybridized carbons (Fsp3) is 0.538. The van der Waals surface area contributed by atoms with Gasteiger partial charge in [0.05, 0.1) is 6.61 Å². The van der Waals surface area contributed by atoms with Gasteiger partial charge in [-0.05, 0) is 44.2 Å². The SMILES string of the molecule is Cc1ccccc1OCCCC1(N)CC1. The summed E-state index contributed by atoms with van der Waals surface area (Å²) in [5, 5.41) is 0. The zero-order valence-corrected chi connectivity index (χ0v) is 9.33. The van der Waals surface area contributed by atoms with E-state index in [0.29, 0.717) is 0 Å². The Hall–Kier alpha value is -1.02. The molecule has 0 atom stereocenters. The molecule has 0 bridgehead atoms. The molecule has 0 amide bonds. The normalized spacial score (nSPS) is 17.5. The number of ether oxygens (including phenoxy) is 1. The van der Waals surface area contributed by atoms with Crippen LogP contribution in [0.1, 0.15) is 31.2 Å². The molecule has 15 heavy (non-hydrogen) atoms. The third-order valence-electron chi connectivity index (χ3n) is 3.06. The van der Waals surface area contributed by atoms with Gasteiger partial charge in [0.15, 0.2) is 0 Å². The first kappa shape index (κ1) is 10.5. The molecular formula is C13H19NO. The Morgan fingerprint density at radius 2 is 2.07 bits per heavy atom. The number of para-hydroxylation sites is 1. The van der Waals surface area contributed by atoms with E-state index in [0.717, 1.165) is 25.2 Å². The Kier molecular flexibility index (Phi) is 2.96. The van der Waals surface area contributed by atoms with Crippen molar-refractivity contribution in [3.05, 3.63) is 29.8 Å². The minimum Gasteiger partial charge on any atom is -0.493 e. The smallest absolute Gasteiger partial charge is 0.122 e. The van der Waals surface area contributed by atoms with Crippen molar-refractivity contribution in [3.8, 4) is 5.75 Å². The van der Waals surface area contributed by atoms with E-state index in [9.17, 15) is 0 Å². The first-order valence-electron chi connectivity index (χ1n) is 5.67. The van der Waals surface area contributed by atoms with E-state index in [1.54, 1.807) is 0 Å². The Balaban J connectivity index is 1.71. The van der Waals surface area contributed by atoms with Gasteiger partial charge in [-0.1, -0.05) is 18.2 Å². The van der Waals surface area contributed by atoms with E-state index in [1.807, 2.05) is 18.2 Å². The lowest BCUT2D eigenvalue weighted by atomic mass is 10.1. The molecule has 0 spiro atoms. The largest absolute Gasteiger partial charge is 0.493 e. The van der Waals surface area contributed by atoms with Crippen LogP contribution >= 0.6 is 0 Å². The van der Waals surface area contributed by atoms with Crippen LogP contribution in [-0.4, -0.2) is 12.1 Å². The highest BCUT2D eigenvalue weighted by atomic mass is 16.5. The summed E-state index contributed by atoms with van der Waals surface area (Å²) in [7, 11) is 0. The lowest BCUT2D eigenvalue weighted by Gasteiger charge is -2.10. The molecule has 2 N–H and O–H groups in total. The summed E-state index contributed by atoms with van der Waals surface area (Å²) in [5.41, 5.74) is 7.36. The Morgan fingerprint density at radius 1 is 1.33 bits per heavy atom. The zero-order valence-electron chi connectivity index (χ0n) is 9.33. The molecule has 0 aromatic heterocycles. The van der Waals surface area contributed by atoms with Crippen molar-refractivity contribution in [1.29, 1.82) is 0 Å². The molecular weight excluding hydrogens is 186 g/mol. The lowest BCUT2D eigenvalue weighted by molar-refractivity contribution is 0.298. The van der Waals surface area contributed by atoms with Crippen molar-refractivity contribution in [1.82, 2.24) is 0 Å². The number of rotatable bonds is 5. The minimum atomic E-state index is 0.162. The summed E-state index contributed by atoms with van der Waals surface area (Å²) in [6, 6.07) is 8.13. The monoisotopic (exact) mass is 205 g/mol. The zero-order chi connectivity index (χ0) is 10.7. The van der Waals surface area contributed by atoms with Crippen LogP contribution in [0.15, 0.2) is 24.3 Å². The molecule has 1 fully saturated rings. The molecule has 1 aromatic rings. The van der Waals surface area contributed by atoms with Gasteiger partial charge in [0, 0.05) is 5.54 Å². The first-order chi connectivity index (χ1) is 7.20. The van der Waals surface area contributed by atoms with Crippen molar-refractivity contribution in [3.63, 3.8) is 0 Å². The molecule has 82 valence electrons. The highest BCUT2D eigenvalue weighted by Gasteiger charge is 2.37. The van der Waals surface area contributed by atoms with Gasteiger partial charge in [0.25, 0.3) is 0 Å². The van der Waals surface area contributed by atoms with Crippen LogP contribution in [0.5, 0.6) is 5.75 Å². The molecule has 2 nitrogen and oxygen atoms in total. The van der Waals surface area contributed by atoms with Crippen molar-refractivity contribution in [2.45, 2.75) is 38.1 Å². The van der Waals surface area contributed by atoms with Crippen molar-refractivity contribution >= 4 is 0 Å². The van der Waals surface area contributed by atoms with Crippen molar-refractivity contribution < 1.29 is 4.74 Å². The van der Waals surface area contributed by atoms with E-state index in [4.69, 9.17) is 10.5 Å². The van der Waals surface area contributed by atoms with Crippen LogP contribution in [0.3, 0.4) is 0 Å². The maximum absolute atomic E-state index is 6.00. The highest BCUT2D eigenvalue weighted by molar-refractivity contribution is 5.31. The van der Waals surface area contributed by atoms with Gasteiger partial charge in [0.1, 0.15) is 5.75 Å². The third kappa shape index (κ3) is 2.96. The van der Waals surface area contributed by atoms with E-state index < -0.39 is 0 Å². The second-order valence-corrected chi connectivity index (χ2v) is 4.58. The fourth-order valence-electron chi connectivity index (χ4n) is 1.74. The second-order valence-electron chi connectivity index (χ2n) is 4.58. The minimum absolute atomic E-state index is 0.162. The van der Waals surface area contributed by atoms with Gasteiger partial charge in [-0.2, -0.15) is 0 Å². The molecule has 1 aliphatic rings. The van der Waals surface area contributed by atoms with Gasteiger partial charge in [-0.15, -0.1) is 0 Å². The molecule has 0 heterocycles. The predicted molar refractivity (Wildman–Crippen MR) is 62.1 cm³/mol. The molecule has 0 aliphatic heterocycles. The summed E-state index contributed by atoms with van der Waals surface area (Å²) in [5.74, 6) is 0.999. The van der Waals surface area contributed by atoms with Crippen LogP contribution in [0.25, 0.3) is 0 Å². The van der Waals surface area contributed by atoms with Crippen LogP contribution in [0.4, 0.5) is 0 Å². The van der Waals surface area contributed by atoms with Crippen LogP contribution in [0, 0.1) is 6.92 Å². The molecule has 1 aliphatic carbocycles. The average Bonchev–Trinajstić information content (AvgIpc) is 2.94. The topological polar surface area (TPSA) is 35.2 Å². The van der Waals surface area contributed by atoms with Gasteiger partial charge < -0.3 is 10.5 Å². The van der Waals surface area contributed by atoms with Gasteiger partial charge in [0.2, 0.25) is 0 Å². The molecule has 2 heteroatoms. The highest BCUT2D eigenvalue weighted by Crippen LogP contribution is 2.36. The quantitative estimate of drug-likeness (QED) is 0.750. The Morgan fingerprint density at radius 3 is 2.73 bits per heavy atom. The molecule has 2 rings (SSSR count). The molecule has 0 radical (unpaired) electrons.